The summed E-state index contributed by atoms with van der Waals surface area (Å²) in [4.78, 5) is 27.7. The molecule has 1 atom stereocenters. The Labute approximate surface area is 217 Å². The molecule has 1 N–H and O–H groups in total. The molecule has 0 unspecified atom stereocenters. The quantitative estimate of drug-likeness (QED) is 0.394. The summed E-state index contributed by atoms with van der Waals surface area (Å²) >= 11 is 0. The second-order valence-electron chi connectivity index (χ2n) is 8.62. The van der Waals surface area contributed by atoms with Crippen molar-refractivity contribution in [1.29, 1.82) is 0 Å². The van der Waals surface area contributed by atoms with Gasteiger partial charge in [-0.05, 0) is 49.1 Å². The Morgan fingerprint density at radius 3 is 2.27 bits per heavy atom. The van der Waals surface area contributed by atoms with Gasteiger partial charge in [0, 0.05) is 32.1 Å². The number of hydrogen-bond acceptors (Lipinski definition) is 5. The number of ether oxygens (including phenoxy) is 1. The molecule has 0 saturated heterocycles. The van der Waals surface area contributed by atoms with Gasteiger partial charge in [-0.2, -0.15) is 0 Å². The molecule has 0 aliphatic heterocycles. The zero-order valence-electron chi connectivity index (χ0n) is 21.7. The lowest BCUT2D eigenvalue weighted by atomic mass is 10.1. The van der Waals surface area contributed by atoms with Gasteiger partial charge in [0.25, 0.3) is 0 Å². The minimum atomic E-state index is -3.82. The van der Waals surface area contributed by atoms with E-state index in [1.165, 1.54) is 11.0 Å². The summed E-state index contributed by atoms with van der Waals surface area (Å²) in [6.07, 6.45) is 2.15. The Bertz CT molecular complexity index is 1160. The van der Waals surface area contributed by atoms with Crippen molar-refractivity contribution in [2.75, 3.05) is 30.8 Å². The number of methoxy groups -OCH3 is 1. The van der Waals surface area contributed by atoms with Crippen molar-refractivity contribution in [1.82, 2.24) is 10.2 Å². The van der Waals surface area contributed by atoms with Crippen LogP contribution in [-0.2, 0) is 26.2 Å². The largest absolute Gasteiger partial charge is 0.497 e. The predicted octanol–water partition coefficient (Wildman–Crippen LogP) is 3.85. The summed E-state index contributed by atoms with van der Waals surface area (Å²) in [5, 5.41) is 2.84. The zero-order chi connectivity index (χ0) is 27.6. The summed E-state index contributed by atoms with van der Waals surface area (Å²) in [6.45, 7) is 4.29. The first-order chi connectivity index (χ1) is 17.5. The van der Waals surface area contributed by atoms with Crippen LogP contribution < -0.4 is 14.4 Å². The van der Waals surface area contributed by atoms with E-state index in [0.29, 0.717) is 18.7 Å². The molecular weight excluding hydrogens is 504 g/mol. The number of halogens is 2. The van der Waals surface area contributed by atoms with Gasteiger partial charge in [-0.3, -0.25) is 13.9 Å². The van der Waals surface area contributed by atoms with E-state index < -0.39 is 27.7 Å². The summed E-state index contributed by atoms with van der Waals surface area (Å²) in [5.74, 6) is -2.18. The molecule has 0 saturated carbocycles. The van der Waals surface area contributed by atoms with Crippen LogP contribution in [0.15, 0.2) is 42.5 Å². The van der Waals surface area contributed by atoms with Crippen molar-refractivity contribution in [2.24, 2.45) is 0 Å². The normalized spacial score (nSPS) is 12.1. The van der Waals surface area contributed by atoms with Crippen LogP contribution in [0.4, 0.5) is 14.5 Å². The Kier molecular flexibility index (Phi) is 11.3. The van der Waals surface area contributed by atoms with Gasteiger partial charge in [0.05, 0.1) is 19.1 Å². The van der Waals surface area contributed by atoms with Gasteiger partial charge in [-0.1, -0.05) is 26.0 Å². The molecule has 2 amide bonds. The van der Waals surface area contributed by atoms with E-state index in [9.17, 15) is 26.8 Å². The number of rotatable bonds is 14. The van der Waals surface area contributed by atoms with Crippen molar-refractivity contribution < 1.29 is 31.5 Å². The minimum absolute atomic E-state index is 0.0330. The monoisotopic (exact) mass is 539 g/mol. The molecule has 0 aromatic heterocycles. The second-order valence-corrected chi connectivity index (χ2v) is 10.5. The highest BCUT2D eigenvalue weighted by atomic mass is 32.2. The molecule has 8 nitrogen and oxygen atoms in total. The lowest BCUT2D eigenvalue weighted by molar-refractivity contribution is -0.141. The first-order valence-electron chi connectivity index (χ1n) is 12.1. The van der Waals surface area contributed by atoms with E-state index in [1.54, 1.807) is 19.2 Å². The molecule has 0 heterocycles. The Hall–Kier alpha value is -3.21. The number of anilines is 1. The molecule has 0 bridgehead atoms. The fraction of sp³-hybridized carbons (Fsp3) is 0.462. The van der Waals surface area contributed by atoms with Crippen molar-refractivity contribution >= 4 is 27.5 Å². The van der Waals surface area contributed by atoms with Gasteiger partial charge >= 0.3 is 0 Å². The second kappa shape index (κ2) is 13.9. The van der Waals surface area contributed by atoms with E-state index >= 15 is 0 Å². The molecule has 37 heavy (non-hydrogen) atoms. The van der Waals surface area contributed by atoms with Gasteiger partial charge in [0.15, 0.2) is 11.6 Å². The van der Waals surface area contributed by atoms with E-state index in [1.807, 2.05) is 26.0 Å². The summed E-state index contributed by atoms with van der Waals surface area (Å²) in [7, 11) is -2.27. The van der Waals surface area contributed by atoms with Crippen molar-refractivity contribution in [3.05, 3.63) is 59.7 Å². The third-order valence-electron chi connectivity index (χ3n) is 5.79. The standard InChI is InChI=1S/C26H35F2N3O5S/c1-5-15-29-26(33)24(6-2)30(18-19-9-12-21(36-3)13-10-19)25(32)8-7-16-31(37(4,34)35)20-11-14-22(27)23(28)17-20/h9-14,17,24H,5-8,15-16,18H2,1-4H3,(H,29,33)/t24-/m1/s1. The van der Waals surface area contributed by atoms with Crippen molar-refractivity contribution in [2.45, 2.75) is 52.1 Å². The average Bonchev–Trinajstić information content (AvgIpc) is 2.86. The fourth-order valence-corrected chi connectivity index (χ4v) is 4.81. The zero-order valence-corrected chi connectivity index (χ0v) is 22.5. The maximum absolute atomic E-state index is 13.7. The summed E-state index contributed by atoms with van der Waals surface area (Å²) in [5.41, 5.74) is 0.768. The third-order valence-corrected chi connectivity index (χ3v) is 6.98. The smallest absolute Gasteiger partial charge is 0.242 e. The van der Waals surface area contributed by atoms with Gasteiger partial charge in [-0.15, -0.1) is 0 Å². The van der Waals surface area contributed by atoms with Gasteiger partial charge in [0.1, 0.15) is 11.8 Å². The molecule has 0 radical (unpaired) electrons. The van der Waals surface area contributed by atoms with Gasteiger partial charge in [-0.25, -0.2) is 17.2 Å². The molecule has 0 aliphatic rings. The highest BCUT2D eigenvalue weighted by Gasteiger charge is 2.28. The van der Waals surface area contributed by atoms with E-state index in [-0.39, 0.29) is 43.4 Å². The Balaban J connectivity index is 2.22. The lowest BCUT2D eigenvalue weighted by Crippen LogP contribution is -2.49. The van der Waals surface area contributed by atoms with Crippen LogP contribution in [0.25, 0.3) is 0 Å². The number of hydrogen-bond donors (Lipinski definition) is 1. The summed E-state index contributed by atoms with van der Waals surface area (Å²) in [6, 6.07) is 9.27. The summed E-state index contributed by atoms with van der Waals surface area (Å²) < 4.78 is 57.8. The first kappa shape index (κ1) is 30.0. The predicted molar refractivity (Wildman–Crippen MR) is 139 cm³/mol. The van der Waals surface area contributed by atoms with Crippen molar-refractivity contribution in [3.8, 4) is 5.75 Å². The number of nitrogens with zero attached hydrogens (tertiary/aromatic N) is 2. The number of carbonyl (C=O) groups is 2. The lowest BCUT2D eigenvalue weighted by Gasteiger charge is -2.31. The first-order valence-corrected chi connectivity index (χ1v) is 14.0. The molecule has 0 spiro atoms. The molecule has 0 fully saturated rings. The van der Waals surface area contributed by atoms with Crippen LogP contribution in [0.3, 0.4) is 0 Å². The van der Waals surface area contributed by atoms with E-state index in [0.717, 1.165) is 34.7 Å². The maximum atomic E-state index is 13.7. The molecule has 2 rings (SSSR count). The van der Waals surface area contributed by atoms with Crippen molar-refractivity contribution in [3.63, 3.8) is 0 Å². The molecule has 204 valence electrons. The van der Waals surface area contributed by atoms with E-state index in [2.05, 4.69) is 5.32 Å². The topological polar surface area (TPSA) is 96.0 Å². The van der Waals surface area contributed by atoms with Crippen LogP contribution >= 0.6 is 0 Å². The highest BCUT2D eigenvalue weighted by Crippen LogP contribution is 2.22. The van der Waals surface area contributed by atoms with Crippen LogP contribution in [-0.4, -0.2) is 57.6 Å². The number of nitrogens with one attached hydrogen (secondary N) is 1. The van der Waals surface area contributed by atoms with Gasteiger partial charge < -0.3 is 15.0 Å². The Morgan fingerprint density at radius 2 is 1.73 bits per heavy atom. The highest BCUT2D eigenvalue weighted by molar-refractivity contribution is 7.92. The van der Waals surface area contributed by atoms with E-state index in [4.69, 9.17) is 4.74 Å². The molecule has 11 heteroatoms. The van der Waals surface area contributed by atoms with Crippen LogP contribution in [0, 0.1) is 11.6 Å². The Morgan fingerprint density at radius 1 is 1.05 bits per heavy atom. The number of benzene rings is 2. The maximum Gasteiger partial charge on any atom is 0.242 e. The third kappa shape index (κ3) is 8.70. The number of sulfonamides is 1. The SMILES string of the molecule is CCCNC(=O)[C@@H](CC)N(Cc1ccc(OC)cc1)C(=O)CCCN(c1ccc(F)c(F)c1)S(C)(=O)=O. The fourth-order valence-electron chi connectivity index (χ4n) is 3.86. The van der Waals surface area contributed by atoms with Crippen LogP contribution in [0.5, 0.6) is 5.75 Å². The molecule has 2 aromatic carbocycles. The van der Waals surface area contributed by atoms with Crippen LogP contribution in [0.1, 0.15) is 45.1 Å². The molecular formula is C26H35F2N3O5S. The molecule has 0 aliphatic carbocycles. The van der Waals surface area contributed by atoms with Crippen LogP contribution in [0.2, 0.25) is 0 Å². The average molecular weight is 540 g/mol. The number of amides is 2. The molecule has 2 aromatic rings. The minimum Gasteiger partial charge on any atom is -0.497 e. The number of carbonyl (C=O) groups excluding carboxylic acids is 2. The van der Waals surface area contributed by atoms with Gasteiger partial charge in [0.2, 0.25) is 21.8 Å².